The Hall–Kier alpha value is -0.650. The van der Waals surface area contributed by atoms with E-state index in [1.807, 2.05) is 13.8 Å². The molecule has 0 spiro atoms. The van der Waals surface area contributed by atoms with Gasteiger partial charge in [-0.25, -0.2) is 0 Å². The van der Waals surface area contributed by atoms with Gasteiger partial charge >= 0.3 is 0 Å². The molecule has 5 heteroatoms. The van der Waals surface area contributed by atoms with Gasteiger partial charge in [0.15, 0.2) is 0 Å². The molecule has 1 saturated heterocycles. The summed E-state index contributed by atoms with van der Waals surface area (Å²) in [6.07, 6.45) is 1.13. The van der Waals surface area contributed by atoms with Crippen molar-refractivity contribution in [3.05, 3.63) is 0 Å². The number of hydrogen-bond acceptors (Lipinski definition) is 4. The summed E-state index contributed by atoms with van der Waals surface area (Å²) in [4.78, 5) is 11.5. The van der Waals surface area contributed by atoms with Crippen LogP contribution in [0.15, 0.2) is 0 Å². The predicted molar refractivity (Wildman–Crippen MR) is 61.0 cm³/mol. The Kier molecular flexibility index (Phi) is 5.73. The highest BCUT2D eigenvalue weighted by Gasteiger charge is 2.18. The summed E-state index contributed by atoms with van der Waals surface area (Å²) >= 11 is 0. The van der Waals surface area contributed by atoms with Gasteiger partial charge < -0.3 is 20.5 Å². The van der Waals surface area contributed by atoms with Crippen molar-refractivity contribution in [1.82, 2.24) is 5.32 Å². The van der Waals surface area contributed by atoms with Gasteiger partial charge in [0.25, 0.3) is 0 Å². The molecule has 0 aromatic carbocycles. The van der Waals surface area contributed by atoms with E-state index in [1.54, 1.807) is 0 Å². The molecule has 0 radical (unpaired) electrons. The Labute approximate surface area is 96.7 Å². The van der Waals surface area contributed by atoms with Crippen LogP contribution in [-0.4, -0.2) is 44.4 Å². The molecule has 0 bridgehead atoms. The lowest BCUT2D eigenvalue weighted by Gasteiger charge is -2.18. The Morgan fingerprint density at radius 1 is 1.62 bits per heavy atom. The van der Waals surface area contributed by atoms with Gasteiger partial charge in [-0.05, 0) is 13.3 Å². The van der Waals surface area contributed by atoms with E-state index < -0.39 is 0 Å². The topological polar surface area (TPSA) is 73.6 Å². The first-order valence-electron chi connectivity index (χ1n) is 5.83. The normalized spacial score (nSPS) is 24.1. The lowest BCUT2D eigenvalue weighted by molar-refractivity contribution is -0.125. The molecule has 94 valence electrons. The molecule has 0 saturated carbocycles. The van der Waals surface area contributed by atoms with Gasteiger partial charge in [-0.3, -0.25) is 4.79 Å². The second-order valence-corrected chi connectivity index (χ2v) is 4.37. The zero-order valence-corrected chi connectivity index (χ0v) is 10.1. The maximum Gasteiger partial charge on any atom is 0.224 e. The van der Waals surface area contributed by atoms with Gasteiger partial charge in [0.2, 0.25) is 5.91 Å². The van der Waals surface area contributed by atoms with Crippen molar-refractivity contribution in [3.8, 4) is 0 Å². The van der Waals surface area contributed by atoms with Crippen LogP contribution in [-0.2, 0) is 14.3 Å². The van der Waals surface area contributed by atoms with E-state index in [-0.39, 0.29) is 24.0 Å². The molecule has 1 rings (SSSR count). The Balaban J connectivity index is 2.14. The van der Waals surface area contributed by atoms with Crippen molar-refractivity contribution in [2.24, 2.45) is 11.7 Å². The van der Waals surface area contributed by atoms with Crippen LogP contribution >= 0.6 is 0 Å². The molecule has 1 amide bonds. The molecule has 1 aliphatic heterocycles. The molecule has 0 aliphatic carbocycles. The van der Waals surface area contributed by atoms with Crippen LogP contribution in [0.3, 0.4) is 0 Å². The van der Waals surface area contributed by atoms with E-state index in [0.29, 0.717) is 19.8 Å². The molecule has 0 aromatic heterocycles. The van der Waals surface area contributed by atoms with Crippen LogP contribution in [0.2, 0.25) is 0 Å². The minimum absolute atomic E-state index is 0.0127. The molecule has 0 aromatic rings. The molecule has 5 nitrogen and oxygen atoms in total. The lowest BCUT2D eigenvalue weighted by atomic mass is 10.1. The summed E-state index contributed by atoms with van der Waals surface area (Å²) in [6, 6.07) is 0.0158. The number of hydrogen-bond donors (Lipinski definition) is 2. The van der Waals surface area contributed by atoms with E-state index in [9.17, 15) is 4.79 Å². The van der Waals surface area contributed by atoms with Gasteiger partial charge in [0.05, 0.1) is 19.3 Å². The molecule has 1 aliphatic rings. The van der Waals surface area contributed by atoms with E-state index in [0.717, 1.165) is 13.0 Å². The summed E-state index contributed by atoms with van der Waals surface area (Å²) in [5.74, 6) is -0.154. The van der Waals surface area contributed by atoms with Crippen molar-refractivity contribution in [3.63, 3.8) is 0 Å². The standard InChI is InChI=1S/C11H22N2O3/c1-8(5-12)11(14)13-9(2)6-16-10-3-4-15-7-10/h8-10H,3-7,12H2,1-2H3,(H,13,14). The minimum atomic E-state index is -0.141. The number of nitrogens with one attached hydrogen (secondary N) is 1. The van der Waals surface area contributed by atoms with Gasteiger partial charge in [-0.15, -0.1) is 0 Å². The first-order valence-corrected chi connectivity index (χ1v) is 5.83. The van der Waals surface area contributed by atoms with Crippen molar-refractivity contribution >= 4 is 5.91 Å². The number of ether oxygens (including phenoxy) is 2. The third kappa shape index (κ3) is 4.47. The van der Waals surface area contributed by atoms with Crippen molar-refractivity contribution in [2.45, 2.75) is 32.4 Å². The summed E-state index contributed by atoms with van der Waals surface area (Å²) in [7, 11) is 0. The smallest absolute Gasteiger partial charge is 0.224 e. The number of amides is 1. The highest BCUT2D eigenvalue weighted by Crippen LogP contribution is 2.08. The van der Waals surface area contributed by atoms with E-state index in [2.05, 4.69) is 5.32 Å². The third-order valence-electron chi connectivity index (χ3n) is 2.66. The Bertz CT molecular complexity index is 217. The molecule has 3 unspecified atom stereocenters. The van der Waals surface area contributed by atoms with Crippen LogP contribution in [0.5, 0.6) is 0 Å². The third-order valence-corrected chi connectivity index (χ3v) is 2.66. The monoisotopic (exact) mass is 230 g/mol. The fraction of sp³-hybridized carbons (Fsp3) is 0.909. The van der Waals surface area contributed by atoms with E-state index in [1.165, 1.54) is 0 Å². The second kappa shape index (κ2) is 6.83. The van der Waals surface area contributed by atoms with Crippen molar-refractivity contribution in [1.29, 1.82) is 0 Å². The molecule has 16 heavy (non-hydrogen) atoms. The zero-order chi connectivity index (χ0) is 12.0. The van der Waals surface area contributed by atoms with Crippen molar-refractivity contribution in [2.75, 3.05) is 26.4 Å². The summed E-state index contributed by atoms with van der Waals surface area (Å²) in [5, 5.41) is 2.87. The highest BCUT2D eigenvalue weighted by atomic mass is 16.5. The fourth-order valence-electron chi connectivity index (χ4n) is 1.46. The number of carbonyl (C=O) groups excluding carboxylic acids is 1. The number of carbonyl (C=O) groups is 1. The maximum absolute atomic E-state index is 11.5. The van der Waals surface area contributed by atoms with E-state index in [4.69, 9.17) is 15.2 Å². The van der Waals surface area contributed by atoms with Gasteiger partial charge in [-0.2, -0.15) is 0 Å². The largest absolute Gasteiger partial charge is 0.379 e. The van der Waals surface area contributed by atoms with Crippen LogP contribution in [0, 0.1) is 5.92 Å². The second-order valence-electron chi connectivity index (χ2n) is 4.37. The average Bonchev–Trinajstić information content (AvgIpc) is 2.78. The Morgan fingerprint density at radius 2 is 2.38 bits per heavy atom. The van der Waals surface area contributed by atoms with Gasteiger partial charge in [0.1, 0.15) is 0 Å². The van der Waals surface area contributed by atoms with Crippen LogP contribution in [0.4, 0.5) is 0 Å². The molecular formula is C11H22N2O3. The molecular weight excluding hydrogens is 208 g/mol. The fourth-order valence-corrected chi connectivity index (χ4v) is 1.46. The molecule has 3 N–H and O–H groups in total. The van der Waals surface area contributed by atoms with Crippen LogP contribution in [0.1, 0.15) is 20.3 Å². The van der Waals surface area contributed by atoms with E-state index >= 15 is 0 Å². The predicted octanol–water partition coefficient (Wildman–Crippen LogP) is -0.109. The summed E-state index contributed by atoms with van der Waals surface area (Å²) in [6.45, 7) is 6.08. The molecule has 3 atom stereocenters. The van der Waals surface area contributed by atoms with Gasteiger partial charge in [-0.1, -0.05) is 6.92 Å². The lowest BCUT2D eigenvalue weighted by Crippen LogP contribution is -2.41. The highest BCUT2D eigenvalue weighted by molar-refractivity contribution is 5.78. The minimum Gasteiger partial charge on any atom is -0.379 e. The number of nitrogens with two attached hydrogens (primary N) is 1. The van der Waals surface area contributed by atoms with Crippen LogP contribution in [0.25, 0.3) is 0 Å². The maximum atomic E-state index is 11.5. The molecule has 1 heterocycles. The summed E-state index contributed by atoms with van der Waals surface area (Å²) < 4.78 is 10.8. The number of rotatable bonds is 6. The zero-order valence-electron chi connectivity index (χ0n) is 10.1. The first kappa shape index (κ1) is 13.4. The van der Waals surface area contributed by atoms with Crippen molar-refractivity contribution < 1.29 is 14.3 Å². The quantitative estimate of drug-likeness (QED) is 0.668. The summed E-state index contributed by atoms with van der Waals surface area (Å²) in [5.41, 5.74) is 5.41. The Morgan fingerprint density at radius 3 is 2.94 bits per heavy atom. The SMILES string of the molecule is CC(COC1CCOC1)NC(=O)C(C)CN. The van der Waals surface area contributed by atoms with Gasteiger partial charge in [0, 0.05) is 25.1 Å². The first-order chi connectivity index (χ1) is 7.63. The molecule has 1 fully saturated rings. The average molecular weight is 230 g/mol. The van der Waals surface area contributed by atoms with Crippen LogP contribution < -0.4 is 11.1 Å².